The molecule has 0 atom stereocenters. The van der Waals surface area contributed by atoms with Crippen molar-refractivity contribution in [1.29, 1.82) is 0 Å². The second kappa shape index (κ2) is 7.55. The number of aryl methyl sites for hydroxylation is 4. The van der Waals surface area contributed by atoms with Gasteiger partial charge in [-0.05, 0) is 68.1 Å². The van der Waals surface area contributed by atoms with E-state index in [1.54, 1.807) is 0 Å². The van der Waals surface area contributed by atoms with Crippen molar-refractivity contribution >= 4 is 22.8 Å². The number of carbonyl (C=O) groups excluding carboxylic acids is 1. The summed E-state index contributed by atoms with van der Waals surface area (Å²) in [6.45, 7) is 7.74. The van der Waals surface area contributed by atoms with E-state index in [4.69, 9.17) is 0 Å². The van der Waals surface area contributed by atoms with E-state index in [-0.39, 0.29) is 18.0 Å². The lowest BCUT2D eigenvalue weighted by Crippen LogP contribution is -2.28. The van der Waals surface area contributed by atoms with Crippen LogP contribution in [0.3, 0.4) is 0 Å². The number of nitrogens with zero attached hydrogens (tertiary/aromatic N) is 5. The minimum atomic E-state index is -0.411. The molecule has 0 aliphatic carbocycles. The smallest absolute Gasteiger partial charge is 0.284 e. The zero-order chi connectivity index (χ0) is 21.4. The van der Waals surface area contributed by atoms with Crippen LogP contribution in [-0.4, -0.2) is 30.5 Å². The molecule has 0 aliphatic rings. The summed E-state index contributed by atoms with van der Waals surface area (Å²) in [5.41, 5.74) is 5.82. The van der Waals surface area contributed by atoms with Gasteiger partial charge in [0.15, 0.2) is 11.2 Å². The lowest BCUT2D eigenvalue weighted by atomic mass is 10.1. The fourth-order valence-electron chi connectivity index (χ4n) is 3.20. The molecule has 0 spiro atoms. The van der Waals surface area contributed by atoms with Gasteiger partial charge in [0.2, 0.25) is 5.91 Å². The minimum absolute atomic E-state index is 0.121. The molecule has 0 unspecified atom stereocenters. The average molecular weight is 402 g/mol. The summed E-state index contributed by atoms with van der Waals surface area (Å²) < 4.78 is 2.77. The highest BCUT2D eigenvalue weighted by Gasteiger charge is 2.15. The van der Waals surface area contributed by atoms with Crippen molar-refractivity contribution in [2.24, 2.45) is 0 Å². The predicted molar refractivity (Wildman–Crippen MR) is 115 cm³/mol. The third-order valence-corrected chi connectivity index (χ3v) is 5.15. The Labute approximate surface area is 173 Å². The van der Waals surface area contributed by atoms with Crippen molar-refractivity contribution in [1.82, 2.24) is 24.5 Å². The molecule has 0 aliphatic heterocycles. The molecule has 2 aromatic heterocycles. The fourth-order valence-corrected chi connectivity index (χ4v) is 3.20. The van der Waals surface area contributed by atoms with E-state index in [9.17, 15) is 9.59 Å². The van der Waals surface area contributed by atoms with Crippen molar-refractivity contribution in [2.75, 3.05) is 5.32 Å². The lowest BCUT2D eigenvalue weighted by Gasteiger charge is -2.10. The van der Waals surface area contributed by atoms with E-state index in [2.05, 4.69) is 20.6 Å². The van der Waals surface area contributed by atoms with E-state index in [1.807, 2.05) is 64.1 Å². The second-order valence-electron chi connectivity index (χ2n) is 7.49. The Morgan fingerprint density at radius 3 is 2.53 bits per heavy atom. The van der Waals surface area contributed by atoms with Gasteiger partial charge >= 0.3 is 0 Å². The first-order valence-corrected chi connectivity index (χ1v) is 9.59. The van der Waals surface area contributed by atoms with Crippen LogP contribution in [0.15, 0.2) is 47.5 Å². The van der Waals surface area contributed by atoms with Crippen LogP contribution in [0.4, 0.5) is 5.69 Å². The first-order valence-electron chi connectivity index (χ1n) is 9.59. The molecule has 152 valence electrons. The van der Waals surface area contributed by atoms with Crippen molar-refractivity contribution in [3.05, 3.63) is 75.3 Å². The van der Waals surface area contributed by atoms with Gasteiger partial charge in [-0.25, -0.2) is 4.98 Å². The maximum atomic E-state index is 12.8. The Morgan fingerprint density at radius 2 is 1.77 bits per heavy atom. The third-order valence-electron chi connectivity index (χ3n) is 5.15. The minimum Gasteiger partial charge on any atom is -0.324 e. The fraction of sp³-hybridized carbons (Fsp3) is 0.227. The largest absolute Gasteiger partial charge is 0.324 e. The van der Waals surface area contributed by atoms with E-state index in [0.29, 0.717) is 5.65 Å². The van der Waals surface area contributed by atoms with Gasteiger partial charge in [0.05, 0.1) is 5.69 Å². The molecule has 30 heavy (non-hydrogen) atoms. The summed E-state index contributed by atoms with van der Waals surface area (Å²) in [4.78, 5) is 29.7. The molecule has 0 bridgehead atoms. The maximum Gasteiger partial charge on any atom is 0.284 e. The van der Waals surface area contributed by atoms with Crippen LogP contribution >= 0.6 is 0 Å². The second-order valence-corrected chi connectivity index (χ2v) is 7.49. The average Bonchev–Trinajstić information content (AvgIpc) is 3.14. The molecule has 8 heteroatoms. The van der Waals surface area contributed by atoms with Gasteiger partial charge < -0.3 is 5.32 Å². The van der Waals surface area contributed by atoms with Crippen molar-refractivity contribution in [3.8, 4) is 5.69 Å². The molecule has 0 radical (unpaired) electrons. The van der Waals surface area contributed by atoms with Crippen LogP contribution in [0.5, 0.6) is 0 Å². The van der Waals surface area contributed by atoms with Crippen molar-refractivity contribution in [2.45, 2.75) is 34.2 Å². The number of hydrogen-bond donors (Lipinski definition) is 1. The lowest BCUT2D eigenvalue weighted by molar-refractivity contribution is -0.116. The molecule has 1 amide bonds. The van der Waals surface area contributed by atoms with Crippen LogP contribution < -0.4 is 10.9 Å². The first kappa shape index (κ1) is 19.5. The number of rotatable bonds is 4. The van der Waals surface area contributed by atoms with Gasteiger partial charge in [0.1, 0.15) is 12.9 Å². The van der Waals surface area contributed by atoms with Gasteiger partial charge in [-0.15, -0.1) is 5.10 Å². The van der Waals surface area contributed by atoms with E-state index in [0.717, 1.165) is 33.6 Å². The van der Waals surface area contributed by atoms with Gasteiger partial charge in [-0.2, -0.15) is 4.68 Å². The number of carbonyl (C=O) groups is 1. The molecular formula is C22H22N6O2. The van der Waals surface area contributed by atoms with Gasteiger partial charge in [0, 0.05) is 5.69 Å². The molecule has 2 aromatic carbocycles. The number of aromatic nitrogens is 5. The Bertz CT molecular complexity index is 1340. The highest BCUT2D eigenvalue weighted by atomic mass is 16.2. The highest BCUT2D eigenvalue weighted by Crippen LogP contribution is 2.17. The van der Waals surface area contributed by atoms with Crippen molar-refractivity contribution in [3.63, 3.8) is 0 Å². The van der Waals surface area contributed by atoms with E-state index >= 15 is 0 Å². The number of amides is 1. The van der Waals surface area contributed by atoms with Gasteiger partial charge in [-0.3, -0.25) is 14.2 Å². The van der Waals surface area contributed by atoms with Crippen LogP contribution in [0, 0.1) is 27.7 Å². The van der Waals surface area contributed by atoms with Crippen molar-refractivity contribution < 1.29 is 4.79 Å². The molecule has 4 rings (SSSR count). The SMILES string of the molecule is Cc1ccc(C)c(NC(=O)Cn2cnc3c(nnn3-c3ccc(C)c(C)c3)c2=O)c1. The van der Waals surface area contributed by atoms with Gasteiger partial charge in [-0.1, -0.05) is 23.4 Å². The summed E-state index contributed by atoms with van der Waals surface area (Å²) in [5, 5.41) is 11.0. The van der Waals surface area contributed by atoms with E-state index in [1.165, 1.54) is 15.6 Å². The molecule has 1 N–H and O–H groups in total. The summed E-state index contributed by atoms with van der Waals surface area (Å²) >= 11 is 0. The molecule has 8 nitrogen and oxygen atoms in total. The summed E-state index contributed by atoms with van der Waals surface area (Å²) in [7, 11) is 0. The standard InChI is InChI=1S/C22H22N6O2/c1-13-5-6-15(3)18(9-13)24-19(29)11-27-12-23-21-20(22(27)30)25-26-28(21)17-8-7-14(2)16(4)10-17/h5-10,12H,11H2,1-4H3,(H,24,29). The highest BCUT2D eigenvalue weighted by molar-refractivity contribution is 5.91. The number of nitrogens with one attached hydrogen (secondary N) is 1. The molecular weight excluding hydrogens is 380 g/mol. The Morgan fingerprint density at radius 1 is 1.00 bits per heavy atom. The molecule has 0 saturated carbocycles. The Hall–Kier alpha value is -3.81. The number of hydrogen-bond acceptors (Lipinski definition) is 5. The normalized spacial score (nSPS) is 11.1. The summed E-state index contributed by atoms with van der Waals surface area (Å²) in [5.74, 6) is -0.312. The van der Waals surface area contributed by atoms with E-state index < -0.39 is 5.56 Å². The number of fused-ring (bicyclic) bond motifs is 1. The van der Waals surface area contributed by atoms with Crippen LogP contribution in [0.1, 0.15) is 22.3 Å². The van der Waals surface area contributed by atoms with Crippen LogP contribution in [0.2, 0.25) is 0 Å². The Balaban J connectivity index is 1.63. The molecule has 0 fully saturated rings. The monoisotopic (exact) mass is 402 g/mol. The molecule has 0 saturated heterocycles. The number of benzene rings is 2. The topological polar surface area (TPSA) is 94.7 Å². The summed E-state index contributed by atoms with van der Waals surface area (Å²) in [6.07, 6.45) is 1.36. The maximum absolute atomic E-state index is 12.8. The predicted octanol–water partition coefficient (Wildman–Crippen LogP) is 2.85. The van der Waals surface area contributed by atoms with Gasteiger partial charge in [0.25, 0.3) is 5.56 Å². The zero-order valence-corrected chi connectivity index (χ0v) is 17.3. The Kier molecular flexibility index (Phi) is 4.91. The molecule has 2 heterocycles. The molecule has 4 aromatic rings. The third kappa shape index (κ3) is 3.59. The first-order chi connectivity index (χ1) is 14.3. The summed E-state index contributed by atoms with van der Waals surface area (Å²) in [6, 6.07) is 11.7. The quantitative estimate of drug-likeness (QED) is 0.566. The van der Waals surface area contributed by atoms with Crippen LogP contribution in [0.25, 0.3) is 16.9 Å². The zero-order valence-electron chi connectivity index (χ0n) is 17.3. The van der Waals surface area contributed by atoms with Crippen LogP contribution in [-0.2, 0) is 11.3 Å². The number of anilines is 1.